The van der Waals surface area contributed by atoms with Crippen LogP contribution in [0.3, 0.4) is 0 Å². The lowest BCUT2D eigenvalue weighted by Crippen LogP contribution is -2.53. The van der Waals surface area contributed by atoms with E-state index < -0.39 is 0 Å². The van der Waals surface area contributed by atoms with Gasteiger partial charge in [0, 0.05) is 46.3 Å². The number of anilines is 1. The van der Waals surface area contributed by atoms with E-state index in [9.17, 15) is 9.59 Å². The maximum Gasteiger partial charge on any atom is 0.325 e. The van der Waals surface area contributed by atoms with Crippen molar-refractivity contribution in [2.24, 2.45) is 5.92 Å². The number of nitrogens with one attached hydrogen (secondary N) is 2. The molecule has 4 amide bonds. The standard InChI is InChI=1S/C22H33Cl2N5O2.ClH/c1-25-21(30)29(22(31)26-2)17-8-6-16(7-9-17)10-11-27-12-14-28(15-13-27)19-5-3-4-18(23)20(19)24;/h3-5,16-17H,6-15H2,1-2H3,(H,25,30)(H,26,31);1H. The molecule has 2 N–H and O–H groups in total. The van der Waals surface area contributed by atoms with Gasteiger partial charge >= 0.3 is 12.1 Å². The van der Waals surface area contributed by atoms with Crippen molar-refractivity contribution in [3.05, 3.63) is 28.2 Å². The van der Waals surface area contributed by atoms with Gasteiger partial charge in [-0.3, -0.25) is 4.90 Å². The zero-order valence-electron chi connectivity index (χ0n) is 18.8. The van der Waals surface area contributed by atoms with Crippen LogP contribution in [0, 0.1) is 5.92 Å². The molecule has 1 aliphatic heterocycles. The van der Waals surface area contributed by atoms with Gasteiger partial charge in [-0.15, -0.1) is 12.4 Å². The summed E-state index contributed by atoms with van der Waals surface area (Å²) in [6.45, 7) is 5.00. The topological polar surface area (TPSA) is 67.9 Å². The molecule has 0 unspecified atom stereocenters. The Labute approximate surface area is 207 Å². The molecule has 1 aromatic carbocycles. The molecule has 1 saturated carbocycles. The van der Waals surface area contributed by atoms with Crippen molar-refractivity contribution < 1.29 is 9.59 Å². The number of piperazine rings is 1. The van der Waals surface area contributed by atoms with Gasteiger partial charge in [-0.1, -0.05) is 29.3 Å². The molecule has 1 saturated heterocycles. The third-order valence-electron chi connectivity index (χ3n) is 6.54. The second kappa shape index (κ2) is 12.7. The Morgan fingerprint density at radius 2 is 1.59 bits per heavy atom. The molecule has 180 valence electrons. The Bertz CT molecular complexity index is 750. The summed E-state index contributed by atoms with van der Waals surface area (Å²) in [5.41, 5.74) is 1.02. The molecule has 10 heteroatoms. The van der Waals surface area contributed by atoms with Crippen molar-refractivity contribution >= 4 is 53.4 Å². The van der Waals surface area contributed by atoms with Crippen LogP contribution < -0.4 is 15.5 Å². The Morgan fingerprint density at radius 1 is 1.00 bits per heavy atom. The fourth-order valence-electron chi connectivity index (χ4n) is 4.67. The maximum atomic E-state index is 12.1. The van der Waals surface area contributed by atoms with Crippen LogP contribution in [0.2, 0.25) is 10.0 Å². The fraction of sp³-hybridized carbons (Fsp3) is 0.636. The monoisotopic (exact) mass is 505 g/mol. The van der Waals surface area contributed by atoms with E-state index in [1.807, 2.05) is 18.2 Å². The average molecular weight is 507 g/mol. The number of amides is 4. The van der Waals surface area contributed by atoms with Gasteiger partial charge in [-0.05, 0) is 56.7 Å². The number of urea groups is 2. The Kier molecular flexibility index (Phi) is 10.7. The summed E-state index contributed by atoms with van der Waals surface area (Å²) in [5.74, 6) is 0.646. The highest BCUT2D eigenvalue weighted by Crippen LogP contribution is 2.33. The number of hydrogen-bond donors (Lipinski definition) is 2. The molecule has 32 heavy (non-hydrogen) atoms. The average Bonchev–Trinajstić information content (AvgIpc) is 2.80. The third kappa shape index (κ3) is 6.56. The Morgan fingerprint density at radius 3 is 2.16 bits per heavy atom. The molecule has 2 fully saturated rings. The smallest absolute Gasteiger partial charge is 0.325 e. The van der Waals surface area contributed by atoms with Gasteiger partial charge in [0.05, 0.1) is 15.7 Å². The van der Waals surface area contributed by atoms with Gasteiger partial charge in [0.2, 0.25) is 0 Å². The molecule has 1 heterocycles. The van der Waals surface area contributed by atoms with Gasteiger partial charge in [-0.2, -0.15) is 0 Å². The van der Waals surface area contributed by atoms with Crippen LogP contribution in [-0.2, 0) is 0 Å². The van der Waals surface area contributed by atoms with Crippen molar-refractivity contribution in [2.45, 2.75) is 38.1 Å². The largest absolute Gasteiger partial charge is 0.368 e. The van der Waals surface area contributed by atoms with E-state index in [4.69, 9.17) is 23.2 Å². The summed E-state index contributed by atoms with van der Waals surface area (Å²) in [6, 6.07) is 5.11. The van der Waals surface area contributed by atoms with Crippen LogP contribution in [0.1, 0.15) is 32.1 Å². The number of halogens is 3. The lowest BCUT2D eigenvalue weighted by Gasteiger charge is -2.38. The summed E-state index contributed by atoms with van der Waals surface area (Å²) in [7, 11) is 3.12. The lowest BCUT2D eigenvalue weighted by atomic mass is 9.83. The third-order valence-corrected chi connectivity index (χ3v) is 7.35. The summed E-state index contributed by atoms with van der Waals surface area (Å²) >= 11 is 12.5. The molecule has 3 rings (SSSR count). The normalized spacial score (nSPS) is 21.4. The molecular weight excluding hydrogens is 473 g/mol. The molecule has 0 bridgehead atoms. The van der Waals surface area contributed by atoms with E-state index >= 15 is 0 Å². The molecule has 0 atom stereocenters. The minimum Gasteiger partial charge on any atom is -0.368 e. The van der Waals surface area contributed by atoms with Crippen molar-refractivity contribution in [3.8, 4) is 0 Å². The number of imide groups is 1. The van der Waals surface area contributed by atoms with Crippen molar-refractivity contribution in [3.63, 3.8) is 0 Å². The first-order chi connectivity index (χ1) is 14.9. The Hall–Kier alpha value is -1.41. The van der Waals surface area contributed by atoms with E-state index in [-0.39, 0.29) is 30.5 Å². The van der Waals surface area contributed by atoms with E-state index in [0.29, 0.717) is 16.0 Å². The number of nitrogens with zero attached hydrogens (tertiary/aromatic N) is 3. The zero-order valence-corrected chi connectivity index (χ0v) is 21.1. The van der Waals surface area contributed by atoms with Gasteiger partial charge in [0.15, 0.2) is 0 Å². The quantitative estimate of drug-likeness (QED) is 0.618. The molecule has 0 radical (unpaired) electrons. The molecular formula is C22H34Cl3N5O2. The van der Waals surface area contributed by atoms with E-state index in [2.05, 4.69) is 20.4 Å². The van der Waals surface area contributed by atoms with Gasteiger partial charge in [0.25, 0.3) is 0 Å². The summed E-state index contributed by atoms with van der Waals surface area (Å²) < 4.78 is 0. The molecule has 1 aromatic rings. The van der Waals surface area contributed by atoms with E-state index in [0.717, 1.165) is 70.5 Å². The fourth-order valence-corrected chi connectivity index (χ4v) is 5.09. The number of hydrogen-bond acceptors (Lipinski definition) is 4. The number of benzene rings is 1. The van der Waals surface area contributed by atoms with Gasteiger partial charge in [-0.25, -0.2) is 14.5 Å². The highest BCUT2D eigenvalue weighted by molar-refractivity contribution is 6.43. The van der Waals surface area contributed by atoms with Crippen molar-refractivity contribution in [1.82, 2.24) is 20.4 Å². The predicted molar refractivity (Wildman–Crippen MR) is 133 cm³/mol. The minimum absolute atomic E-state index is 0. The van der Waals surface area contributed by atoms with E-state index in [1.165, 1.54) is 4.90 Å². The second-order valence-corrected chi connectivity index (χ2v) is 9.13. The number of rotatable bonds is 5. The molecule has 7 nitrogen and oxygen atoms in total. The van der Waals surface area contributed by atoms with Crippen LogP contribution in [0.4, 0.5) is 15.3 Å². The minimum atomic E-state index is -0.333. The van der Waals surface area contributed by atoms with Crippen LogP contribution in [0.25, 0.3) is 0 Å². The van der Waals surface area contributed by atoms with Crippen LogP contribution in [0.5, 0.6) is 0 Å². The molecule has 2 aliphatic rings. The second-order valence-electron chi connectivity index (χ2n) is 8.35. The number of carbonyl (C=O) groups excluding carboxylic acids is 2. The first-order valence-corrected chi connectivity index (χ1v) is 11.8. The first kappa shape index (κ1) is 26.8. The summed E-state index contributed by atoms with van der Waals surface area (Å²) in [6.07, 6.45) is 4.99. The van der Waals surface area contributed by atoms with Gasteiger partial charge in [0.1, 0.15) is 0 Å². The Balaban J connectivity index is 0.00000363. The highest BCUT2D eigenvalue weighted by atomic mass is 35.5. The van der Waals surface area contributed by atoms with Crippen LogP contribution in [-0.4, -0.2) is 74.7 Å². The van der Waals surface area contributed by atoms with Crippen LogP contribution >= 0.6 is 35.6 Å². The summed E-state index contributed by atoms with van der Waals surface area (Å²) in [5, 5.41) is 6.39. The first-order valence-electron chi connectivity index (χ1n) is 11.1. The predicted octanol–water partition coefficient (Wildman–Crippen LogP) is 4.47. The number of carbonyl (C=O) groups is 2. The zero-order chi connectivity index (χ0) is 22.4. The molecule has 1 aliphatic carbocycles. The highest BCUT2D eigenvalue weighted by Gasteiger charge is 2.32. The van der Waals surface area contributed by atoms with Gasteiger partial charge < -0.3 is 15.5 Å². The van der Waals surface area contributed by atoms with Crippen molar-refractivity contribution in [1.29, 1.82) is 0 Å². The SMILES string of the molecule is CNC(=O)N(C(=O)NC)C1CCC(CCN2CCN(c3cccc(Cl)c3Cl)CC2)CC1.Cl. The van der Waals surface area contributed by atoms with Crippen molar-refractivity contribution in [2.75, 3.05) is 51.7 Å². The molecule has 0 aromatic heterocycles. The maximum absolute atomic E-state index is 12.1. The van der Waals surface area contributed by atoms with E-state index in [1.54, 1.807) is 14.1 Å². The van der Waals surface area contributed by atoms with Crippen LogP contribution in [0.15, 0.2) is 18.2 Å². The molecule has 0 spiro atoms. The summed E-state index contributed by atoms with van der Waals surface area (Å²) in [4.78, 5) is 30.4. The lowest BCUT2D eigenvalue weighted by molar-refractivity contribution is 0.143.